The van der Waals surface area contributed by atoms with Gasteiger partial charge in [0.25, 0.3) is 11.8 Å². The van der Waals surface area contributed by atoms with Gasteiger partial charge in [0.15, 0.2) is 23.8 Å². The highest BCUT2D eigenvalue weighted by atomic mass is 19.3. The monoisotopic (exact) mass is 581 g/mol. The zero-order chi connectivity index (χ0) is 29.9. The number of pyridine rings is 1. The number of carbonyl (C=O) groups is 4. The normalized spacial score (nSPS) is 26.3. The van der Waals surface area contributed by atoms with Crippen LogP contribution in [0.25, 0.3) is 11.4 Å². The first-order chi connectivity index (χ1) is 20.0. The number of Topliss-reactive ketones (excluding diaryl/α,β-unsaturated/α-hetero) is 1. The van der Waals surface area contributed by atoms with Gasteiger partial charge in [-0.15, -0.1) is 0 Å². The van der Waals surface area contributed by atoms with E-state index >= 15 is 0 Å². The lowest BCUT2D eigenvalue weighted by Gasteiger charge is -2.42. The number of aromatic nitrogens is 3. The summed E-state index contributed by atoms with van der Waals surface area (Å²) in [4.78, 5) is 74.1. The summed E-state index contributed by atoms with van der Waals surface area (Å²) >= 11 is 0. The lowest BCUT2D eigenvalue weighted by atomic mass is 10.1. The van der Waals surface area contributed by atoms with Crippen LogP contribution in [-0.2, 0) is 14.4 Å². The molecule has 5 heterocycles. The Labute approximate surface area is 239 Å². The maximum Gasteiger partial charge on any atom is 0.328 e. The molecule has 2 aromatic rings. The number of hydrogen-bond acceptors (Lipinski definition) is 10. The number of alkyl halides is 2. The third-order valence-corrected chi connectivity index (χ3v) is 8.40. The second-order valence-electron chi connectivity index (χ2n) is 10.9. The molecule has 0 bridgehead atoms. The van der Waals surface area contributed by atoms with Crippen molar-refractivity contribution in [2.24, 2.45) is 16.8 Å². The first kappa shape index (κ1) is 27.6. The summed E-state index contributed by atoms with van der Waals surface area (Å²) in [5.74, 6) is -3.99. The summed E-state index contributed by atoms with van der Waals surface area (Å²) in [5.41, 5.74) is 0.578. The van der Waals surface area contributed by atoms with Crippen molar-refractivity contribution in [1.29, 1.82) is 0 Å². The van der Waals surface area contributed by atoms with Crippen LogP contribution in [0.2, 0.25) is 0 Å². The quantitative estimate of drug-likeness (QED) is 0.490. The van der Waals surface area contributed by atoms with Gasteiger partial charge in [0.05, 0.1) is 24.7 Å². The summed E-state index contributed by atoms with van der Waals surface area (Å²) in [5, 5.41) is 2.73. The van der Waals surface area contributed by atoms with Gasteiger partial charge < -0.3 is 20.0 Å². The van der Waals surface area contributed by atoms with Crippen molar-refractivity contribution in [1.82, 2.24) is 29.7 Å². The number of aliphatic imine (C=N–C) groups is 1. The van der Waals surface area contributed by atoms with Crippen LogP contribution in [0, 0.1) is 11.8 Å². The number of carbonyl (C=O) groups excluding carboxylic acids is 4. The largest absolute Gasteiger partial charge is 0.356 e. The van der Waals surface area contributed by atoms with Gasteiger partial charge in [0.1, 0.15) is 17.7 Å². The summed E-state index contributed by atoms with van der Waals surface area (Å²) in [6.45, 7) is 3.45. The minimum Gasteiger partial charge on any atom is -0.356 e. The lowest BCUT2D eigenvalue weighted by molar-refractivity contribution is -0.141. The molecule has 4 unspecified atom stereocenters. The number of anilines is 2. The Balaban J connectivity index is 1.12. The zero-order valence-corrected chi connectivity index (χ0v) is 23.1. The van der Waals surface area contributed by atoms with Crippen LogP contribution in [0.15, 0.2) is 35.6 Å². The van der Waals surface area contributed by atoms with E-state index in [9.17, 15) is 28.0 Å². The number of piperidine rings is 1. The van der Waals surface area contributed by atoms with E-state index in [-0.39, 0.29) is 37.7 Å². The molecular weight excluding hydrogens is 552 g/mol. The Bertz CT molecular complexity index is 1470. The maximum absolute atomic E-state index is 13.5. The Hall–Kier alpha value is -4.56. The second kappa shape index (κ2) is 10.1. The molecule has 3 fully saturated rings. The number of amides is 4. The molecule has 4 amide bonds. The van der Waals surface area contributed by atoms with Gasteiger partial charge in [-0.25, -0.2) is 33.5 Å². The van der Waals surface area contributed by atoms with Crippen LogP contribution in [-0.4, -0.2) is 110 Å². The number of halogens is 2. The standard InChI is InChI=1S/C27H29F2N9O4/c1-4-16(39)10-37-25(41)21-23(35(3)26(37)42)32-13-38(21)14(2)24(40)34-19-7-8-30-22(33-19)15-5-6-20(31-9-15)36-11-17-18(12-36)27(17,28)29/h5-9,13-14,17-18,21,23H,4,10-12H2,1-3H3,(H,30,33,34,40)/t14-,17?,18?,21?,23?/m0/s1. The van der Waals surface area contributed by atoms with Crippen molar-refractivity contribution in [3.8, 4) is 11.4 Å². The average Bonchev–Trinajstić information content (AvgIpc) is 3.41. The third kappa shape index (κ3) is 4.52. The Kier molecular flexibility index (Phi) is 6.61. The van der Waals surface area contributed by atoms with Crippen LogP contribution in [0.1, 0.15) is 20.3 Å². The molecule has 5 atom stereocenters. The molecule has 0 spiro atoms. The van der Waals surface area contributed by atoms with Gasteiger partial charge in [0, 0.05) is 44.5 Å². The third-order valence-electron chi connectivity index (χ3n) is 8.40. The summed E-state index contributed by atoms with van der Waals surface area (Å²) < 4.78 is 27.1. The van der Waals surface area contributed by atoms with Crippen LogP contribution in [0.5, 0.6) is 0 Å². The first-order valence-corrected chi connectivity index (χ1v) is 13.6. The average molecular weight is 582 g/mol. The van der Waals surface area contributed by atoms with E-state index in [1.807, 2.05) is 4.90 Å². The van der Waals surface area contributed by atoms with Gasteiger partial charge >= 0.3 is 6.03 Å². The summed E-state index contributed by atoms with van der Waals surface area (Å²) in [6, 6.07) is 2.54. The molecule has 1 aliphatic carbocycles. The fraction of sp³-hybridized carbons (Fsp3) is 0.481. The number of ketones is 1. The van der Waals surface area contributed by atoms with Crippen molar-refractivity contribution < 1.29 is 28.0 Å². The molecule has 0 aromatic carbocycles. The van der Waals surface area contributed by atoms with E-state index in [4.69, 9.17) is 0 Å². The van der Waals surface area contributed by atoms with Crippen molar-refractivity contribution in [2.45, 2.75) is 44.4 Å². The molecule has 1 saturated carbocycles. The van der Waals surface area contributed by atoms with E-state index in [0.29, 0.717) is 17.2 Å². The molecule has 6 rings (SSSR count). The van der Waals surface area contributed by atoms with E-state index < -0.39 is 53.9 Å². The molecule has 2 saturated heterocycles. The molecular formula is C27H29F2N9O4. The van der Waals surface area contributed by atoms with Crippen molar-refractivity contribution in [2.75, 3.05) is 36.9 Å². The van der Waals surface area contributed by atoms with Gasteiger partial charge in [-0.2, -0.15) is 0 Å². The van der Waals surface area contributed by atoms with Crippen molar-refractivity contribution in [3.63, 3.8) is 0 Å². The molecule has 2 aromatic heterocycles. The minimum absolute atomic E-state index is 0.176. The van der Waals surface area contributed by atoms with Crippen LogP contribution >= 0.6 is 0 Å². The van der Waals surface area contributed by atoms with Crippen LogP contribution < -0.4 is 10.2 Å². The minimum atomic E-state index is -2.56. The van der Waals surface area contributed by atoms with E-state index in [2.05, 4.69) is 25.3 Å². The smallest absolute Gasteiger partial charge is 0.328 e. The topological polar surface area (TPSA) is 144 Å². The van der Waals surface area contributed by atoms with E-state index in [1.54, 1.807) is 32.2 Å². The maximum atomic E-state index is 13.5. The van der Waals surface area contributed by atoms with Gasteiger partial charge in [-0.3, -0.25) is 19.3 Å². The fourth-order valence-electron chi connectivity index (χ4n) is 5.69. The van der Waals surface area contributed by atoms with Gasteiger partial charge in [0.2, 0.25) is 5.91 Å². The molecule has 0 radical (unpaired) electrons. The molecule has 13 nitrogen and oxygen atoms in total. The molecule has 220 valence electrons. The molecule has 15 heteroatoms. The number of fused-ring (bicyclic) bond motifs is 2. The number of hydrogen-bond donors (Lipinski definition) is 1. The Morgan fingerprint density at radius 2 is 1.88 bits per heavy atom. The number of imide groups is 1. The Morgan fingerprint density at radius 1 is 1.14 bits per heavy atom. The highest BCUT2D eigenvalue weighted by Crippen LogP contribution is 2.59. The molecule has 4 aliphatic rings. The van der Waals surface area contributed by atoms with Crippen LogP contribution in [0.3, 0.4) is 0 Å². The van der Waals surface area contributed by atoms with Gasteiger partial charge in [-0.1, -0.05) is 6.92 Å². The number of rotatable bonds is 8. The highest BCUT2D eigenvalue weighted by Gasteiger charge is 2.71. The highest BCUT2D eigenvalue weighted by molar-refractivity contribution is 6.05. The lowest BCUT2D eigenvalue weighted by Crippen LogP contribution is -2.66. The molecule has 42 heavy (non-hydrogen) atoms. The van der Waals surface area contributed by atoms with E-state index in [0.717, 1.165) is 4.90 Å². The van der Waals surface area contributed by atoms with Crippen molar-refractivity contribution in [3.05, 3.63) is 30.6 Å². The number of nitrogens with zero attached hydrogens (tertiary/aromatic N) is 8. The molecule has 3 aliphatic heterocycles. The summed E-state index contributed by atoms with van der Waals surface area (Å²) in [7, 11) is 1.50. The number of urea groups is 1. The second-order valence-corrected chi connectivity index (χ2v) is 10.9. The predicted octanol–water partition coefficient (Wildman–Crippen LogP) is 1.48. The van der Waals surface area contributed by atoms with Crippen molar-refractivity contribution >= 4 is 41.6 Å². The van der Waals surface area contributed by atoms with E-state index in [1.165, 1.54) is 35.4 Å². The summed E-state index contributed by atoms with van der Waals surface area (Å²) in [6.07, 6.45) is 3.76. The Morgan fingerprint density at radius 3 is 2.55 bits per heavy atom. The molecule has 1 N–H and O–H groups in total. The first-order valence-electron chi connectivity index (χ1n) is 13.6. The van der Waals surface area contributed by atoms with Gasteiger partial charge in [-0.05, 0) is 25.1 Å². The van der Waals surface area contributed by atoms with Crippen LogP contribution in [0.4, 0.5) is 25.2 Å². The fourth-order valence-corrected chi connectivity index (χ4v) is 5.69. The predicted molar refractivity (Wildman–Crippen MR) is 146 cm³/mol. The number of nitrogens with one attached hydrogen (secondary N) is 1. The SMILES string of the molecule is CCC(=O)CN1C(=O)C2C(N=CN2[C@@H](C)C(=O)Nc2ccnc(-c3ccc(N4CC5C(C4)C5(F)F)nc3)n2)N(C)C1=O. The number of likely N-dealkylation sites (N-methyl/N-ethyl adjacent to an activating group) is 1. The zero-order valence-electron chi connectivity index (χ0n) is 23.1.